The number of alkyl halides is 1. The van der Waals surface area contributed by atoms with Crippen LogP contribution in [0.15, 0.2) is 0 Å². The fraction of sp³-hybridized carbons (Fsp3) is 0.786. The van der Waals surface area contributed by atoms with E-state index in [1.165, 1.54) is 0 Å². The first-order chi connectivity index (χ1) is 9.58. The van der Waals surface area contributed by atoms with Crippen molar-refractivity contribution >= 4 is 23.2 Å². The van der Waals surface area contributed by atoms with Gasteiger partial charge in [-0.25, -0.2) is 0 Å². The van der Waals surface area contributed by atoms with Crippen molar-refractivity contribution in [1.29, 1.82) is 0 Å². The minimum absolute atomic E-state index is 0.0998. The first kappa shape index (κ1) is 16.1. The summed E-state index contributed by atoms with van der Waals surface area (Å²) >= 11 is 12.4. The van der Waals surface area contributed by atoms with Crippen molar-refractivity contribution in [3.05, 3.63) is 16.4 Å². The highest BCUT2D eigenvalue weighted by Crippen LogP contribution is 2.24. The Hall–Kier alpha value is -0.290. The lowest BCUT2D eigenvalue weighted by Crippen LogP contribution is -2.47. The van der Waals surface area contributed by atoms with Crippen molar-refractivity contribution in [2.24, 2.45) is 0 Å². The van der Waals surface area contributed by atoms with Crippen LogP contribution in [0.5, 0.6) is 0 Å². The van der Waals surface area contributed by atoms with E-state index in [9.17, 15) is 0 Å². The second-order valence-electron chi connectivity index (χ2n) is 5.29. The Kier molecular flexibility index (Phi) is 5.73. The van der Waals surface area contributed by atoms with Gasteiger partial charge in [-0.15, -0.1) is 11.6 Å². The molecular weight excluding hydrogens is 297 g/mol. The zero-order valence-corrected chi connectivity index (χ0v) is 13.9. The van der Waals surface area contributed by atoms with Crippen LogP contribution in [-0.2, 0) is 24.2 Å². The quantitative estimate of drug-likeness (QED) is 0.782. The van der Waals surface area contributed by atoms with E-state index >= 15 is 0 Å². The highest BCUT2D eigenvalue weighted by Gasteiger charge is 2.26. The summed E-state index contributed by atoms with van der Waals surface area (Å²) in [6, 6.07) is 0. The molecule has 0 bridgehead atoms. The summed E-state index contributed by atoms with van der Waals surface area (Å²) in [6.45, 7) is 9.66. The van der Waals surface area contributed by atoms with Crippen molar-refractivity contribution in [3.8, 4) is 0 Å². The number of rotatable bonds is 5. The van der Waals surface area contributed by atoms with Crippen LogP contribution in [0.25, 0.3) is 0 Å². The van der Waals surface area contributed by atoms with E-state index in [-0.39, 0.29) is 12.2 Å². The van der Waals surface area contributed by atoms with E-state index in [1.54, 1.807) is 0 Å². The van der Waals surface area contributed by atoms with Crippen molar-refractivity contribution in [3.63, 3.8) is 0 Å². The van der Waals surface area contributed by atoms with Gasteiger partial charge in [0.2, 0.25) is 0 Å². The first-order valence-electron chi connectivity index (χ1n) is 7.26. The predicted molar refractivity (Wildman–Crippen MR) is 82.6 cm³/mol. The molecule has 1 saturated heterocycles. The van der Waals surface area contributed by atoms with Gasteiger partial charge in [-0.2, -0.15) is 5.10 Å². The monoisotopic (exact) mass is 319 g/mol. The van der Waals surface area contributed by atoms with Crippen LogP contribution in [0.1, 0.15) is 32.2 Å². The second-order valence-corrected chi connectivity index (χ2v) is 5.98. The number of hydrogen-bond donors (Lipinski definition) is 0. The van der Waals surface area contributed by atoms with Crippen molar-refractivity contribution < 1.29 is 4.74 Å². The van der Waals surface area contributed by atoms with Crippen LogP contribution < -0.4 is 0 Å². The molecule has 2 unspecified atom stereocenters. The summed E-state index contributed by atoms with van der Waals surface area (Å²) in [5.74, 6) is 0.530. The normalized spacial score (nSPS) is 24.2. The molecule has 4 nitrogen and oxygen atoms in total. The van der Waals surface area contributed by atoms with Crippen molar-refractivity contribution in [1.82, 2.24) is 14.7 Å². The van der Waals surface area contributed by atoms with Gasteiger partial charge in [0, 0.05) is 32.1 Å². The number of aromatic nitrogens is 2. The third-order valence-electron chi connectivity index (χ3n) is 3.64. The first-order valence-corrected chi connectivity index (χ1v) is 8.18. The minimum atomic E-state index is 0.0998. The average molecular weight is 320 g/mol. The number of nitrogens with zero attached hydrogens (tertiary/aromatic N) is 3. The summed E-state index contributed by atoms with van der Waals surface area (Å²) in [5, 5.41) is 5.39. The Balaban J connectivity index is 2.14. The molecule has 114 valence electrons. The van der Waals surface area contributed by atoms with Crippen LogP contribution in [-0.4, -0.2) is 45.9 Å². The maximum absolute atomic E-state index is 6.47. The molecule has 0 aliphatic carbocycles. The Morgan fingerprint density at radius 2 is 2.10 bits per heavy atom. The predicted octanol–water partition coefficient (Wildman–Crippen LogP) is 2.95. The summed E-state index contributed by atoms with van der Waals surface area (Å²) < 4.78 is 7.80. The van der Waals surface area contributed by atoms with E-state index in [0.717, 1.165) is 49.0 Å². The lowest BCUT2D eigenvalue weighted by Gasteiger charge is -2.36. The smallest absolute Gasteiger partial charge is 0.0863 e. The Morgan fingerprint density at radius 1 is 1.35 bits per heavy atom. The number of aryl methyl sites for hydroxylation is 2. The molecule has 6 heteroatoms. The van der Waals surface area contributed by atoms with Crippen LogP contribution in [0.2, 0.25) is 5.02 Å². The fourth-order valence-electron chi connectivity index (χ4n) is 2.74. The zero-order valence-electron chi connectivity index (χ0n) is 12.4. The van der Waals surface area contributed by atoms with Gasteiger partial charge >= 0.3 is 0 Å². The summed E-state index contributed by atoms with van der Waals surface area (Å²) in [5.41, 5.74) is 2.09. The maximum Gasteiger partial charge on any atom is 0.0863 e. The average Bonchev–Trinajstić information content (AvgIpc) is 2.74. The van der Waals surface area contributed by atoms with Gasteiger partial charge in [0.05, 0.1) is 28.6 Å². The van der Waals surface area contributed by atoms with Crippen LogP contribution in [0.4, 0.5) is 0 Å². The van der Waals surface area contributed by atoms with Crippen LogP contribution in [0, 0.1) is 0 Å². The third-order valence-corrected chi connectivity index (χ3v) is 4.42. The van der Waals surface area contributed by atoms with Gasteiger partial charge in [0.25, 0.3) is 0 Å². The highest BCUT2D eigenvalue weighted by atomic mass is 35.5. The van der Waals surface area contributed by atoms with E-state index in [0.29, 0.717) is 5.88 Å². The fourth-order valence-corrected chi connectivity index (χ4v) is 3.23. The lowest BCUT2D eigenvalue weighted by molar-refractivity contribution is -0.0694. The molecule has 20 heavy (non-hydrogen) atoms. The summed E-state index contributed by atoms with van der Waals surface area (Å²) in [6.07, 6.45) is 1.17. The maximum atomic E-state index is 6.47. The van der Waals surface area contributed by atoms with Gasteiger partial charge in [0.1, 0.15) is 0 Å². The molecule has 2 rings (SSSR count). The number of ether oxygens (including phenoxy) is 1. The molecule has 1 aromatic heterocycles. The van der Waals surface area contributed by atoms with E-state index in [1.807, 2.05) is 4.68 Å². The molecule has 0 spiro atoms. The molecule has 0 saturated carbocycles. The number of morpholine rings is 1. The highest BCUT2D eigenvalue weighted by molar-refractivity contribution is 6.31. The second kappa shape index (κ2) is 7.12. The molecule has 1 aliphatic rings. The standard InChI is InChI=1S/C14H23Cl2N3O/c1-4-12-14(16)13(19(5-2)17-12)9-18-7-10(3)20-11(6-15)8-18/h10-11H,4-9H2,1-3H3. The van der Waals surface area contributed by atoms with E-state index < -0.39 is 0 Å². The van der Waals surface area contributed by atoms with Gasteiger partial charge in [-0.1, -0.05) is 18.5 Å². The van der Waals surface area contributed by atoms with Crippen molar-refractivity contribution in [2.75, 3.05) is 19.0 Å². The molecule has 0 radical (unpaired) electrons. The summed E-state index contributed by atoms with van der Waals surface area (Å²) in [7, 11) is 0. The topological polar surface area (TPSA) is 30.3 Å². The molecule has 2 atom stereocenters. The number of halogens is 2. The van der Waals surface area contributed by atoms with Gasteiger partial charge in [-0.3, -0.25) is 9.58 Å². The summed E-state index contributed by atoms with van der Waals surface area (Å²) in [4.78, 5) is 2.36. The van der Waals surface area contributed by atoms with Crippen LogP contribution in [0.3, 0.4) is 0 Å². The van der Waals surface area contributed by atoms with Crippen molar-refractivity contribution in [2.45, 2.75) is 52.5 Å². The largest absolute Gasteiger partial charge is 0.371 e. The lowest BCUT2D eigenvalue weighted by atomic mass is 10.2. The molecule has 1 aromatic rings. The Labute approximate surface area is 131 Å². The third kappa shape index (κ3) is 3.48. The van der Waals surface area contributed by atoms with Gasteiger partial charge in [-0.05, 0) is 20.3 Å². The molecule has 1 aliphatic heterocycles. The molecule has 2 heterocycles. The van der Waals surface area contributed by atoms with Gasteiger partial charge in [0.15, 0.2) is 0 Å². The molecule has 0 amide bonds. The molecular formula is C14H23Cl2N3O. The molecule has 0 aromatic carbocycles. The van der Waals surface area contributed by atoms with Gasteiger partial charge < -0.3 is 4.74 Å². The zero-order chi connectivity index (χ0) is 14.7. The Bertz CT molecular complexity index is 450. The van der Waals surface area contributed by atoms with E-state index in [2.05, 4.69) is 30.8 Å². The van der Waals surface area contributed by atoms with E-state index in [4.69, 9.17) is 27.9 Å². The Morgan fingerprint density at radius 3 is 2.70 bits per heavy atom. The van der Waals surface area contributed by atoms with Crippen LogP contribution >= 0.6 is 23.2 Å². The molecule has 1 fully saturated rings. The number of hydrogen-bond acceptors (Lipinski definition) is 3. The SMILES string of the molecule is CCc1nn(CC)c(CN2CC(C)OC(CCl)C2)c1Cl. The molecule has 0 N–H and O–H groups in total. The minimum Gasteiger partial charge on any atom is -0.371 e.